The highest BCUT2D eigenvalue weighted by Crippen LogP contribution is 1.61. The molecule has 0 amide bonds. The zero-order chi connectivity index (χ0) is 6.41. The SMILES string of the molecule is CC#CC(=O)C#CC. The van der Waals surface area contributed by atoms with Gasteiger partial charge in [-0.25, -0.2) is 0 Å². The number of carbonyl (C=O) groups excluding carboxylic acids is 1. The Balaban J connectivity index is 3.92. The van der Waals surface area contributed by atoms with Crippen LogP contribution in [0.3, 0.4) is 0 Å². The minimum Gasteiger partial charge on any atom is -0.270 e. The van der Waals surface area contributed by atoms with Crippen LogP contribution in [0.15, 0.2) is 0 Å². The maximum Gasteiger partial charge on any atom is 0.279 e. The predicted molar refractivity (Wildman–Crippen MR) is 31.9 cm³/mol. The first-order valence-corrected chi connectivity index (χ1v) is 2.20. The lowest BCUT2D eigenvalue weighted by atomic mass is 10.4. The first-order valence-electron chi connectivity index (χ1n) is 2.20. The minimum absolute atomic E-state index is 0.310. The number of ketones is 1. The van der Waals surface area contributed by atoms with Crippen molar-refractivity contribution >= 4 is 5.78 Å². The fraction of sp³-hybridized carbons (Fsp3) is 0.286. The van der Waals surface area contributed by atoms with E-state index in [0.29, 0.717) is 0 Å². The van der Waals surface area contributed by atoms with Gasteiger partial charge in [-0.2, -0.15) is 0 Å². The molecule has 0 aliphatic carbocycles. The van der Waals surface area contributed by atoms with Crippen LogP contribution in [0.25, 0.3) is 0 Å². The lowest BCUT2D eigenvalue weighted by Gasteiger charge is -1.65. The molecule has 8 heavy (non-hydrogen) atoms. The van der Waals surface area contributed by atoms with Crippen molar-refractivity contribution in [1.29, 1.82) is 0 Å². The molecule has 0 aromatic rings. The van der Waals surface area contributed by atoms with E-state index in [9.17, 15) is 4.79 Å². The standard InChI is InChI=1S/C7H6O/c1-3-5-7(8)6-4-2/h1-2H3. The summed E-state index contributed by atoms with van der Waals surface area (Å²) in [5.41, 5.74) is 0. The molecule has 0 N–H and O–H groups in total. The third-order valence-corrected chi connectivity index (χ3v) is 0.477. The van der Waals surface area contributed by atoms with Crippen LogP contribution in [0.4, 0.5) is 0 Å². The summed E-state index contributed by atoms with van der Waals surface area (Å²) in [5, 5.41) is 0. The Bertz CT molecular complexity index is 170. The van der Waals surface area contributed by atoms with Gasteiger partial charge in [0, 0.05) is 0 Å². The van der Waals surface area contributed by atoms with Crippen LogP contribution in [-0.2, 0) is 4.79 Å². The van der Waals surface area contributed by atoms with Crippen LogP contribution < -0.4 is 0 Å². The van der Waals surface area contributed by atoms with Crippen LogP contribution in [0.1, 0.15) is 13.8 Å². The van der Waals surface area contributed by atoms with Crippen molar-refractivity contribution in [3.05, 3.63) is 0 Å². The van der Waals surface area contributed by atoms with Crippen LogP contribution in [0, 0.1) is 23.7 Å². The molecular weight excluding hydrogens is 100 g/mol. The highest BCUT2D eigenvalue weighted by molar-refractivity contribution is 6.08. The van der Waals surface area contributed by atoms with Gasteiger partial charge in [-0.15, -0.1) is 0 Å². The van der Waals surface area contributed by atoms with Gasteiger partial charge in [-0.3, -0.25) is 4.79 Å². The van der Waals surface area contributed by atoms with Gasteiger partial charge in [-0.05, 0) is 25.7 Å². The fourth-order valence-corrected chi connectivity index (χ4v) is 0.258. The van der Waals surface area contributed by atoms with E-state index in [2.05, 4.69) is 23.7 Å². The molecule has 0 aliphatic heterocycles. The van der Waals surface area contributed by atoms with Crippen molar-refractivity contribution in [2.75, 3.05) is 0 Å². The second-order valence-electron chi connectivity index (χ2n) is 1.08. The topological polar surface area (TPSA) is 17.1 Å². The van der Waals surface area contributed by atoms with E-state index < -0.39 is 0 Å². The molecule has 0 fully saturated rings. The quantitative estimate of drug-likeness (QED) is 0.326. The molecule has 1 heteroatoms. The second-order valence-corrected chi connectivity index (χ2v) is 1.08. The van der Waals surface area contributed by atoms with E-state index in [0.717, 1.165) is 0 Å². The Morgan fingerprint density at radius 1 is 1.12 bits per heavy atom. The maximum absolute atomic E-state index is 10.3. The maximum atomic E-state index is 10.3. The fourth-order valence-electron chi connectivity index (χ4n) is 0.258. The van der Waals surface area contributed by atoms with E-state index in [1.54, 1.807) is 13.8 Å². The molecule has 0 unspecified atom stereocenters. The second kappa shape index (κ2) is 3.96. The van der Waals surface area contributed by atoms with Crippen molar-refractivity contribution < 1.29 is 4.79 Å². The van der Waals surface area contributed by atoms with E-state index in [4.69, 9.17) is 0 Å². The normalized spacial score (nSPS) is 5.25. The Morgan fingerprint density at radius 3 is 1.75 bits per heavy atom. The molecule has 0 aliphatic rings. The lowest BCUT2D eigenvalue weighted by Crippen LogP contribution is -1.83. The number of Topliss-reactive ketones (excluding diaryl/α,β-unsaturated/α-hetero) is 1. The van der Waals surface area contributed by atoms with Crippen molar-refractivity contribution in [2.45, 2.75) is 13.8 Å². The van der Waals surface area contributed by atoms with Gasteiger partial charge in [0.25, 0.3) is 5.78 Å². The van der Waals surface area contributed by atoms with E-state index in [1.807, 2.05) is 0 Å². The Kier molecular flexibility index (Phi) is 3.36. The molecule has 0 atom stereocenters. The van der Waals surface area contributed by atoms with Gasteiger partial charge >= 0.3 is 0 Å². The van der Waals surface area contributed by atoms with Gasteiger partial charge in [0.05, 0.1) is 0 Å². The summed E-state index contributed by atoms with van der Waals surface area (Å²) < 4.78 is 0. The Labute approximate surface area is 49.1 Å². The Morgan fingerprint density at radius 2 is 1.50 bits per heavy atom. The van der Waals surface area contributed by atoms with Crippen molar-refractivity contribution in [3.8, 4) is 23.7 Å². The minimum atomic E-state index is -0.310. The molecular formula is C7H6O. The predicted octanol–water partition coefficient (Wildman–Crippen LogP) is 0.602. The molecule has 1 nitrogen and oxygen atoms in total. The van der Waals surface area contributed by atoms with Crippen molar-refractivity contribution in [2.24, 2.45) is 0 Å². The largest absolute Gasteiger partial charge is 0.279 e. The Hall–Kier alpha value is -1.21. The smallest absolute Gasteiger partial charge is 0.270 e. The number of carbonyl (C=O) groups is 1. The summed E-state index contributed by atoms with van der Waals surface area (Å²) >= 11 is 0. The average Bonchev–Trinajstić information content (AvgIpc) is 1.68. The molecule has 0 rings (SSSR count). The first kappa shape index (κ1) is 6.79. The first-order chi connectivity index (χ1) is 3.81. The summed E-state index contributed by atoms with van der Waals surface area (Å²) in [5.74, 6) is 9.16. The van der Waals surface area contributed by atoms with Crippen molar-refractivity contribution in [1.82, 2.24) is 0 Å². The molecule has 0 saturated heterocycles. The number of hydrogen-bond acceptors (Lipinski definition) is 1. The average molecular weight is 106 g/mol. The number of rotatable bonds is 0. The van der Waals surface area contributed by atoms with Crippen LogP contribution in [0.2, 0.25) is 0 Å². The third kappa shape index (κ3) is 3.00. The van der Waals surface area contributed by atoms with Crippen LogP contribution >= 0.6 is 0 Å². The van der Waals surface area contributed by atoms with Gasteiger partial charge in [0.15, 0.2) is 0 Å². The van der Waals surface area contributed by atoms with E-state index in [1.165, 1.54) is 0 Å². The molecule has 0 aromatic heterocycles. The van der Waals surface area contributed by atoms with E-state index >= 15 is 0 Å². The highest BCUT2D eigenvalue weighted by Gasteiger charge is 1.80. The molecule has 0 spiro atoms. The van der Waals surface area contributed by atoms with Gasteiger partial charge in [0.2, 0.25) is 0 Å². The zero-order valence-corrected chi connectivity index (χ0v) is 4.91. The summed E-state index contributed by atoms with van der Waals surface area (Å²) in [6.07, 6.45) is 0. The molecule has 40 valence electrons. The van der Waals surface area contributed by atoms with Crippen molar-refractivity contribution in [3.63, 3.8) is 0 Å². The lowest BCUT2D eigenvalue weighted by molar-refractivity contribution is -0.108. The molecule has 0 saturated carbocycles. The molecule has 0 heterocycles. The molecule has 0 radical (unpaired) electrons. The monoisotopic (exact) mass is 106 g/mol. The van der Waals surface area contributed by atoms with Gasteiger partial charge in [0.1, 0.15) is 0 Å². The van der Waals surface area contributed by atoms with E-state index in [-0.39, 0.29) is 5.78 Å². The highest BCUT2D eigenvalue weighted by atomic mass is 16.1. The molecule has 0 bridgehead atoms. The van der Waals surface area contributed by atoms with Crippen LogP contribution in [0.5, 0.6) is 0 Å². The molecule has 0 aromatic carbocycles. The summed E-state index contributed by atoms with van der Waals surface area (Å²) in [6, 6.07) is 0. The van der Waals surface area contributed by atoms with Gasteiger partial charge < -0.3 is 0 Å². The number of hydrogen-bond donors (Lipinski definition) is 0. The summed E-state index contributed by atoms with van der Waals surface area (Å²) in [7, 11) is 0. The summed E-state index contributed by atoms with van der Waals surface area (Å²) in [6.45, 7) is 3.21. The summed E-state index contributed by atoms with van der Waals surface area (Å²) in [4.78, 5) is 10.3. The zero-order valence-electron chi connectivity index (χ0n) is 4.91. The van der Waals surface area contributed by atoms with Gasteiger partial charge in [-0.1, -0.05) is 11.8 Å². The third-order valence-electron chi connectivity index (χ3n) is 0.477. The van der Waals surface area contributed by atoms with Crippen LogP contribution in [-0.4, -0.2) is 5.78 Å².